The lowest BCUT2D eigenvalue weighted by Gasteiger charge is -2.14. The van der Waals surface area contributed by atoms with Crippen molar-refractivity contribution in [3.63, 3.8) is 0 Å². The van der Waals surface area contributed by atoms with Gasteiger partial charge in [-0.3, -0.25) is 10.1 Å². The first kappa shape index (κ1) is 17.7. The van der Waals surface area contributed by atoms with Crippen molar-refractivity contribution in [2.45, 2.75) is 13.8 Å². The highest BCUT2D eigenvalue weighted by Gasteiger charge is 2.11. The second-order valence-electron chi connectivity index (χ2n) is 5.47. The number of nitrogens with one attached hydrogen (secondary N) is 2. The van der Waals surface area contributed by atoms with Gasteiger partial charge in [0.2, 0.25) is 0 Å². The molecule has 1 amide bonds. The fourth-order valence-electron chi connectivity index (χ4n) is 2.05. The Bertz CT molecular complexity index is 771. The summed E-state index contributed by atoms with van der Waals surface area (Å²) in [5.41, 5.74) is 3.09. The SMILES string of the molecule is C=C(C)COc1ccccc1NC(=S)NC(=O)c1ccccc1C. The van der Waals surface area contributed by atoms with Gasteiger partial charge in [-0.25, -0.2) is 0 Å². The molecule has 0 heterocycles. The number of amides is 1. The quantitative estimate of drug-likeness (QED) is 0.636. The molecule has 0 aliphatic carbocycles. The van der Waals surface area contributed by atoms with Gasteiger partial charge in [-0.15, -0.1) is 0 Å². The van der Waals surface area contributed by atoms with Crippen LogP contribution in [0.5, 0.6) is 5.75 Å². The minimum Gasteiger partial charge on any atom is -0.487 e. The molecule has 0 atom stereocenters. The number of hydrogen-bond donors (Lipinski definition) is 2. The number of para-hydroxylation sites is 2. The Hall–Kier alpha value is -2.66. The van der Waals surface area contributed by atoms with Crippen LogP contribution in [0.1, 0.15) is 22.8 Å². The normalized spacial score (nSPS) is 9.92. The van der Waals surface area contributed by atoms with Crippen LogP contribution >= 0.6 is 12.2 Å². The van der Waals surface area contributed by atoms with Gasteiger partial charge >= 0.3 is 0 Å². The van der Waals surface area contributed by atoms with Crippen LogP contribution in [0.25, 0.3) is 0 Å². The zero-order chi connectivity index (χ0) is 17.5. The standard InChI is InChI=1S/C19H20N2O2S/c1-13(2)12-23-17-11-7-6-10-16(17)20-19(24)21-18(22)15-9-5-4-8-14(15)3/h4-11H,1,12H2,2-3H3,(H2,20,21,22,24). The highest BCUT2D eigenvalue weighted by molar-refractivity contribution is 7.80. The van der Waals surface area contributed by atoms with Gasteiger partial charge in [-0.05, 0) is 55.4 Å². The molecule has 0 aliphatic rings. The topological polar surface area (TPSA) is 50.4 Å². The highest BCUT2D eigenvalue weighted by atomic mass is 32.1. The van der Waals surface area contributed by atoms with Gasteiger partial charge in [0.1, 0.15) is 12.4 Å². The minimum atomic E-state index is -0.245. The van der Waals surface area contributed by atoms with Crippen LogP contribution in [-0.4, -0.2) is 17.6 Å². The number of benzene rings is 2. The molecule has 2 aromatic rings. The number of carbonyl (C=O) groups is 1. The van der Waals surface area contributed by atoms with E-state index in [1.807, 2.05) is 56.3 Å². The number of ether oxygens (including phenoxy) is 1. The average molecular weight is 340 g/mol. The molecule has 0 bridgehead atoms. The third-order valence-electron chi connectivity index (χ3n) is 3.23. The summed E-state index contributed by atoms with van der Waals surface area (Å²) in [4.78, 5) is 12.3. The zero-order valence-corrected chi connectivity index (χ0v) is 14.6. The van der Waals surface area contributed by atoms with E-state index < -0.39 is 0 Å². The van der Waals surface area contributed by atoms with Crippen LogP contribution < -0.4 is 15.4 Å². The molecule has 2 aromatic carbocycles. The van der Waals surface area contributed by atoms with Crippen LogP contribution in [0.4, 0.5) is 5.69 Å². The predicted molar refractivity (Wildman–Crippen MR) is 102 cm³/mol. The molecule has 2 N–H and O–H groups in total. The first-order chi connectivity index (χ1) is 11.5. The number of carbonyl (C=O) groups excluding carboxylic acids is 1. The van der Waals surface area contributed by atoms with E-state index in [1.54, 1.807) is 6.07 Å². The molecule has 0 aliphatic heterocycles. The predicted octanol–water partition coefficient (Wildman–Crippen LogP) is 4.08. The summed E-state index contributed by atoms with van der Waals surface area (Å²) in [5.74, 6) is 0.402. The summed E-state index contributed by atoms with van der Waals surface area (Å²) < 4.78 is 5.67. The molecular formula is C19H20N2O2S. The van der Waals surface area contributed by atoms with Crippen LogP contribution in [0.3, 0.4) is 0 Å². The van der Waals surface area contributed by atoms with Gasteiger partial charge in [0, 0.05) is 5.56 Å². The maximum atomic E-state index is 12.3. The Morgan fingerprint density at radius 3 is 2.54 bits per heavy atom. The maximum absolute atomic E-state index is 12.3. The van der Waals surface area contributed by atoms with E-state index >= 15 is 0 Å². The van der Waals surface area contributed by atoms with Crippen molar-refractivity contribution in [2.24, 2.45) is 0 Å². The van der Waals surface area contributed by atoms with Gasteiger partial charge < -0.3 is 10.1 Å². The summed E-state index contributed by atoms with van der Waals surface area (Å²) in [5, 5.41) is 5.90. The molecule has 0 spiro atoms. The van der Waals surface area contributed by atoms with Crippen LogP contribution in [-0.2, 0) is 0 Å². The first-order valence-corrected chi connectivity index (χ1v) is 7.92. The van der Waals surface area contributed by atoms with Gasteiger partial charge in [-0.1, -0.05) is 36.9 Å². The highest BCUT2D eigenvalue weighted by Crippen LogP contribution is 2.24. The lowest BCUT2D eigenvalue weighted by Crippen LogP contribution is -2.34. The number of rotatable bonds is 5. The average Bonchev–Trinajstić information content (AvgIpc) is 2.54. The third-order valence-corrected chi connectivity index (χ3v) is 3.43. The number of aryl methyl sites for hydroxylation is 1. The van der Waals surface area contributed by atoms with Gasteiger partial charge in [0.15, 0.2) is 5.11 Å². The van der Waals surface area contributed by atoms with E-state index in [4.69, 9.17) is 17.0 Å². The summed E-state index contributed by atoms with van der Waals surface area (Å²) in [7, 11) is 0. The van der Waals surface area contributed by atoms with Gasteiger partial charge in [0.05, 0.1) is 5.69 Å². The summed E-state index contributed by atoms with van der Waals surface area (Å²) in [6, 6.07) is 14.7. The summed E-state index contributed by atoms with van der Waals surface area (Å²) in [6.07, 6.45) is 0. The number of thiocarbonyl (C=S) groups is 1. The van der Waals surface area contributed by atoms with Crippen LogP contribution in [0, 0.1) is 6.92 Å². The van der Waals surface area contributed by atoms with E-state index in [2.05, 4.69) is 17.2 Å². The van der Waals surface area contributed by atoms with Crippen molar-refractivity contribution in [3.8, 4) is 5.75 Å². The van der Waals surface area contributed by atoms with Crippen molar-refractivity contribution in [2.75, 3.05) is 11.9 Å². The Kier molecular flexibility index (Phi) is 6.09. The number of anilines is 1. The van der Waals surface area contributed by atoms with Crippen molar-refractivity contribution >= 4 is 28.9 Å². The smallest absolute Gasteiger partial charge is 0.257 e. The molecule has 5 heteroatoms. The van der Waals surface area contributed by atoms with Gasteiger partial charge in [-0.2, -0.15) is 0 Å². The molecule has 124 valence electrons. The minimum absolute atomic E-state index is 0.217. The van der Waals surface area contributed by atoms with E-state index in [0.717, 1.165) is 11.1 Å². The van der Waals surface area contributed by atoms with E-state index in [-0.39, 0.29) is 11.0 Å². The van der Waals surface area contributed by atoms with Gasteiger partial charge in [0.25, 0.3) is 5.91 Å². The molecule has 0 radical (unpaired) electrons. The molecule has 0 saturated carbocycles. The monoisotopic (exact) mass is 340 g/mol. The molecular weight excluding hydrogens is 320 g/mol. The second kappa shape index (κ2) is 8.26. The summed E-state index contributed by atoms with van der Waals surface area (Å²) in [6.45, 7) is 8.00. The molecule has 24 heavy (non-hydrogen) atoms. The molecule has 4 nitrogen and oxygen atoms in total. The molecule has 0 fully saturated rings. The first-order valence-electron chi connectivity index (χ1n) is 7.51. The van der Waals surface area contributed by atoms with Crippen molar-refractivity contribution in [1.82, 2.24) is 5.32 Å². The lowest BCUT2D eigenvalue weighted by atomic mass is 10.1. The maximum Gasteiger partial charge on any atom is 0.257 e. The summed E-state index contributed by atoms with van der Waals surface area (Å²) >= 11 is 5.23. The Morgan fingerprint density at radius 2 is 1.83 bits per heavy atom. The second-order valence-corrected chi connectivity index (χ2v) is 5.87. The molecule has 0 aromatic heterocycles. The third kappa shape index (κ3) is 4.93. The Balaban J connectivity index is 2.04. The van der Waals surface area contributed by atoms with Crippen molar-refractivity contribution in [1.29, 1.82) is 0 Å². The van der Waals surface area contributed by atoms with E-state index in [9.17, 15) is 4.79 Å². The number of hydrogen-bond acceptors (Lipinski definition) is 3. The van der Waals surface area contributed by atoms with Crippen molar-refractivity contribution < 1.29 is 9.53 Å². The van der Waals surface area contributed by atoms with E-state index in [1.165, 1.54) is 0 Å². The molecule has 0 unspecified atom stereocenters. The van der Waals surface area contributed by atoms with Crippen LogP contribution in [0.15, 0.2) is 60.7 Å². The Labute approximate surface area is 147 Å². The zero-order valence-electron chi connectivity index (χ0n) is 13.8. The molecule has 0 saturated heterocycles. The fourth-order valence-corrected chi connectivity index (χ4v) is 2.25. The van der Waals surface area contributed by atoms with E-state index in [0.29, 0.717) is 23.6 Å². The lowest BCUT2D eigenvalue weighted by molar-refractivity contribution is 0.0977. The largest absolute Gasteiger partial charge is 0.487 e. The fraction of sp³-hybridized carbons (Fsp3) is 0.158. The molecule has 2 rings (SSSR count). The van der Waals surface area contributed by atoms with Crippen molar-refractivity contribution in [3.05, 3.63) is 71.8 Å². The van der Waals surface area contributed by atoms with Crippen LogP contribution in [0.2, 0.25) is 0 Å². The Morgan fingerprint density at radius 1 is 1.17 bits per heavy atom.